The van der Waals surface area contributed by atoms with Crippen LogP contribution < -0.4 is 10.1 Å². The number of aryl methyl sites for hydroxylation is 1. The van der Waals surface area contributed by atoms with Crippen molar-refractivity contribution in [3.8, 4) is 5.75 Å². The number of rotatable bonds is 6. The van der Waals surface area contributed by atoms with E-state index in [1.54, 1.807) is 0 Å². The van der Waals surface area contributed by atoms with E-state index < -0.39 is 10.8 Å². The Morgan fingerprint density at radius 2 is 2.08 bits per heavy atom. The molecule has 0 saturated carbocycles. The molecule has 0 unspecified atom stereocenters. The average molecular weight is 354 g/mol. The van der Waals surface area contributed by atoms with Gasteiger partial charge < -0.3 is 14.6 Å². The second-order valence-electron chi connectivity index (χ2n) is 5.59. The van der Waals surface area contributed by atoms with Crippen molar-refractivity contribution in [1.29, 1.82) is 0 Å². The molecule has 0 aliphatic carbocycles. The fourth-order valence-corrected chi connectivity index (χ4v) is 2.85. The molecule has 0 spiro atoms. The third-order valence-electron chi connectivity index (χ3n) is 4.09. The lowest BCUT2D eigenvalue weighted by Gasteiger charge is -2.08. The maximum Gasteiger partial charge on any atom is 0.311 e. The Morgan fingerprint density at radius 3 is 2.77 bits per heavy atom. The minimum absolute atomic E-state index is 0.110. The van der Waals surface area contributed by atoms with E-state index in [1.165, 1.54) is 25.3 Å². The Balaban J connectivity index is 1.81. The number of benzene rings is 2. The second kappa shape index (κ2) is 7.22. The average Bonchev–Trinajstić information content (AvgIpc) is 3.02. The molecule has 0 saturated heterocycles. The fraction of sp³-hybridized carbons (Fsp3) is 0.222. The van der Waals surface area contributed by atoms with Crippen LogP contribution >= 0.6 is 0 Å². The highest BCUT2D eigenvalue weighted by Gasteiger charge is 2.18. The Bertz CT molecular complexity index is 980. The van der Waals surface area contributed by atoms with Gasteiger partial charge in [-0.1, -0.05) is 12.1 Å². The van der Waals surface area contributed by atoms with Crippen LogP contribution in [0.15, 0.2) is 42.5 Å². The number of nitrogens with one attached hydrogen (secondary N) is 1. The zero-order valence-corrected chi connectivity index (χ0v) is 14.4. The zero-order chi connectivity index (χ0) is 18.7. The van der Waals surface area contributed by atoms with Crippen LogP contribution in [0.5, 0.6) is 5.75 Å². The van der Waals surface area contributed by atoms with E-state index in [1.807, 2.05) is 35.8 Å². The molecule has 3 aromatic rings. The standard InChI is InChI=1S/C18H18N4O4/c1-3-21-14-7-5-4-6-13(14)20-17(21)11-19-18(23)12-8-9-16(26-2)15(10-12)22(24)25/h4-10H,3,11H2,1-2H3,(H,19,23). The molecule has 0 atom stereocenters. The number of hydrogen-bond donors (Lipinski definition) is 1. The molecule has 1 amide bonds. The number of hydrogen-bond acceptors (Lipinski definition) is 5. The highest BCUT2D eigenvalue weighted by molar-refractivity contribution is 5.95. The molecule has 8 heteroatoms. The minimum atomic E-state index is -0.577. The van der Waals surface area contributed by atoms with Crippen molar-refractivity contribution in [3.05, 3.63) is 64.0 Å². The molecule has 0 bridgehead atoms. The summed E-state index contributed by atoms with van der Waals surface area (Å²) in [6, 6.07) is 11.8. The van der Waals surface area contributed by atoms with E-state index in [4.69, 9.17) is 4.74 Å². The first-order chi connectivity index (χ1) is 12.5. The van der Waals surface area contributed by atoms with Gasteiger partial charge in [0.15, 0.2) is 5.75 Å². The lowest BCUT2D eigenvalue weighted by molar-refractivity contribution is -0.385. The van der Waals surface area contributed by atoms with Crippen LogP contribution in [0.3, 0.4) is 0 Å². The summed E-state index contributed by atoms with van der Waals surface area (Å²) in [7, 11) is 1.34. The summed E-state index contributed by atoms with van der Waals surface area (Å²) in [6.07, 6.45) is 0. The summed E-state index contributed by atoms with van der Waals surface area (Å²) < 4.78 is 6.97. The predicted molar refractivity (Wildman–Crippen MR) is 96.2 cm³/mol. The number of aromatic nitrogens is 2. The number of carbonyl (C=O) groups excluding carboxylic acids is 1. The Hall–Kier alpha value is -3.42. The van der Waals surface area contributed by atoms with Gasteiger partial charge in [0.2, 0.25) is 0 Å². The number of methoxy groups -OCH3 is 1. The molecule has 134 valence electrons. The molecular weight excluding hydrogens is 336 g/mol. The van der Waals surface area contributed by atoms with Gasteiger partial charge in [-0.2, -0.15) is 0 Å². The van der Waals surface area contributed by atoms with E-state index in [-0.39, 0.29) is 23.5 Å². The lowest BCUT2D eigenvalue weighted by atomic mass is 10.1. The van der Waals surface area contributed by atoms with Gasteiger partial charge in [0, 0.05) is 18.2 Å². The molecule has 8 nitrogen and oxygen atoms in total. The normalized spacial score (nSPS) is 10.7. The van der Waals surface area contributed by atoms with Gasteiger partial charge in [0.05, 0.1) is 29.6 Å². The number of amides is 1. The molecule has 0 radical (unpaired) electrons. The van der Waals surface area contributed by atoms with Crippen molar-refractivity contribution in [2.75, 3.05) is 7.11 Å². The van der Waals surface area contributed by atoms with E-state index >= 15 is 0 Å². The van der Waals surface area contributed by atoms with E-state index in [2.05, 4.69) is 10.3 Å². The van der Waals surface area contributed by atoms with Gasteiger partial charge in [-0.25, -0.2) is 4.98 Å². The number of nitrogens with zero attached hydrogens (tertiary/aromatic N) is 3. The summed E-state index contributed by atoms with van der Waals surface area (Å²) >= 11 is 0. The van der Waals surface area contributed by atoms with Crippen molar-refractivity contribution in [3.63, 3.8) is 0 Å². The summed E-state index contributed by atoms with van der Waals surface area (Å²) in [4.78, 5) is 27.5. The third kappa shape index (κ3) is 3.21. The topological polar surface area (TPSA) is 99.3 Å². The van der Waals surface area contributed by atoms with Crippen LogP contribution in [-0.2, 0) is 13.1 Å². The molecular formula is C18H18N4O4. The van der Waals surface area contributed by atoms with E-state index in [0.29, 0.717) is 0 Å². The number of nitro groups is 1. The first-order valence-electron chi connectivity index (χ1n) is 8.10. The van der Waals surface area contributed by atoms with E-state index in [0.717, 1.165) is 23.4 Å². The molecule has 3 rings (SSSR count). The fourth-order valence-electron chi connectivity index (χ4n) is 2.85. The summed E-state index contributed by atoms with van der Waals surface area (Å²) in [5, 5.41) is 13.9. The Labute approximate surface area is 149 Å². The van der Waals surface area contributed by atoms with Crippen molar-refractivity contribution >= 4 is 22.6 Å². The van der Waals surface area contributed by atoms with Gasteiger partial charge in [-0.3, -0.25) is 14.9 Å². The van der Waals surface area contributed by atoms with Gasteiger partial charge in [0.1, 0.15) is 5.82 Å². The SMILES string of the molecule is CCn1c(CNC(=O)c2ccc(OC)c([N+](=O)[O-])c2)nc2ccccc21. The molecule has 26 heavy (non-hydrogen) atoms. The van der Waals surface area contributed by atoms with Crippen molar-refractivity contribution in [2.24, 2.45) is 0 Å². The zero-order valence-electron chi connectivity index (χ0n) is 14.4. The Kier molecular flexibility index (Phi) is 4.83. The van der Waals surface area contributed by atoms with Crippen LogP contribution in [0.4, 0.5) is 5.69 Å². The Morgan fingerprint density at radius 1 is 1.31 bits per heavy atom. The number of imidazole rings is 1. The summed E-state index contributed by atoms with van der Waals surface area (Å²) in [6.45, 7) is 2.95. The highest BCUT2D eigenvalue weighted by Crippen LogP contribution is 2.27. The predicted octanol–water partition coefficient (Wildman–Crippen LogP) is 2.90. The molecule has 0 fully saturated rings. The van der Waals surface area contributed by atoms with Crippen molar-refractivity contribution in [2.45, 2.75) is 20.0 Å². The number of fused-ring (bicyclic) bond motifs is 1. The summed E-state index contributed by atoms with van der Waals surface area (Å²) in [5.41, 5.74) is 1.80. The van der Waals surface area contributed by atoms with Crippen LogP contribution in [0.25, 0.3) is 11.0 Å². The maximum atomic E-state index is 12.4. The van der Waals surface area contributed by atoms with Crippen LogP contribution in [-0.4, -0.2) is 27.5 Å². The van der Waals surface area contributed by atoms with Gasteiger partial charge in [-0.15, -0.1) is 0 Å². The van der Waals surface area contributed by atoms with Gasteiger partial charge in [0.25, 0.3) is 5.91 Å². The van der Waals surface area contributed by atoms with Crippen molar-refractivity contribution < 1.29 is 14.5 Å². The molecule has 1 N–H and O–H groups in total. The second-order valence-corrected chi connectivity index (χ2v) is 5.59. The molecule has 0 aliphatic rings. The van der Waals surface area contributed by atoms with Gasteiger partial charge >= 0.3 is 5.69 Å². The number of ether oxygens (including phenoxy) is 1. The monoisotopic (exact) mass is 354 g/mol. The first-order valence-corrected chi connectivity index (χ1v) is 8.10. The van der Waals surface area contributed by atoms with Crippen LogP contribution in [0.2, 0.25) is 0 Å². The highest BCUT2D eigenvalue weighted by atomic mass is 16.6. The maximum absolute atomic E-state index is 12.4. The quantitative estimate of drug-likeness (QED) is 0.542. The first kappa shape index (κ1) is 17.4. The van der Waals surface area contributed by atoms with Crippen molar-refractivity contribution in [1.82, 2.24) is 14.9 Å². The largest absolute Gasteiger partial charge is 0.490 e. The smallest absolute Gasteiger partial charge is 0.311 e. The molecule has 0 aliphatic heterocycles. The van der Waals surface area contributed by atoms with Crippen LogP contribution in [0, 0.1) is 10.1 Å². The van der Waals surface area contributed by atoms with E-state index in [9.17, 15) is 14.9 Å². The molecule has 1 heterocycles. The number of para-hydroxylation sites is 2. The van der Waals surface area contributed by atoms with Gasteiger partial charge in [-0.05, 0) is 31.2 Å². The summed E-state index contributed by atoms with van der Waals surface area (Å²) in [5.74, 6) is 0.426. The molecule has 1 aromatic heterocycles. The van der Waals surface area contributed by atoms with Crippen LogP contribution in [0.1, 0.15) is 23.1 Å². The third-order valence-corrected chi connectivity index (χ3v) is 4.09. The number of nitro benzene ring substituents is 1. The minimum Gasteiger partial charge on any atom is -0.490 e. The lowest BCUT2D eigenvalue weighted by Crippen LogP contribution is -2.24. The number of carbonyl (C=O) groups is 1. The molecule has 2 aromatic carbocycles.